The molecule has 1 aliphatic rings. The van der Waals surface area contributed by atoms with Crippen molar-refractivity contribution >= 4 is 28.9 Å². The Hall–Kier alpha value is -2.04. The molecule has 1 aromatic rings. The number of benzene rings is 1. The van der Waals surface area contributed by atoms with Crippen LogP contribution in [0.4, 0.5) is 10.1 Å². The lowest BCUT2D eigenvalue weighted by atomic mass is 10.0. The van der Waals surface area contributed by atoms with E-state index in [4.69, 9.17) is 23.2 Å². The van der Waals surface area contributed by atoms with Crippen molar-refractivity contribution < 1.29 is 9.18 Å². The molecule has 1 heterocycles. The number of unbranched alkanes of at least 4 members (excludes halogenated alkanes) is 4. The maximum absolute atomic E-state index is 13.3. The van der Waals surface area contributed by atoms with Crippen LogP contribution in [0.2, 0.25) is 0 Å². The highest BCUT2D eigenvalue weighted by Gasteiger charge is 2.49. The molecule has 0 bridgehead atoms. The van der Waals surface area contributed by atoms with Crippen LogP contribution < -0.4 is 10.6 Å². The van der Waals surface area contributed by atoms with Crippen molar-refractivity contribution in [3.63, 3.8) is 0 Å². The fourth-order valence-electron chi connectivity index (χ4n) is 3.32. The Labute approximate surface area is 165 Å². The van der Waals surface area contributed by atoms with Crippen LogP contribution in [0.1, 0.15) is 57.1 Å². The molecule has 0 unspecified atom stereocenters. The Morgan fingerprint density at radius 2 is 1.89 bits per heavy atom. The number of halogens is 1. The number of amides is 1. The third-order valence-electron chi connectivity index (χ3n) is 5.02. The van der Waals surface area contributed by atoms with Gasteiger partial charge >= 0.3 is 0 Å². The lowest BCUT2D eigenvalue weighted by Crippen LogP contribution is -2.44. The van der Waals surface area contributed by atoms with Crippen LogP contribution in [0.15, 0.2) is 18.2 Å². The molecule has 2 rings (SSSR count). The van der Waals surface area contributed by atoms with Crippen LogP contribution in [0.25, 0.3) is 0 Å². The molecule has 146 valence electrons. The topological polar surface area (TPSA) is 73.4 Å². The maximum atomic E-state index is 13.3. The summed E-state index contributed by atoms with van der Waals surface area (Å²) in [6.07, 6.45) is 5.28. The van der Waals surface area contributed by atoms with Gasteiger partial charge in [-0.25, -0.2) is 4.39 Å². The van der Waals surface area contributed by atoms with Crippen LogP contribution in [-0.2, 0) is 11.5 Å². The van der Waals surface area contributed by atoms with E-state index >= 15 is 0 Å². The van der Waals surface area contributed by atoms with E-state index < -0.39 is 12.2 Å². The third-order valence-corrected chi connectivity index (χ3v) is 5.42. The van der Waals surface area contributed by atoms with E-state index in [1.54, 1.807) is 6.07 Å². The Morgan fingerprint density at radius 3 is 2.52 bits per heavy atom. The summed E-state index contributed by atoms with van der Waals surface area (Å²) in [5.41, 5.74) is 5.81. The molecule has 0 aromatic heterocycles. The van der Waals surface area contributed by atoms with E-state index in [1.165, 1.54) is 17.0 Å². The van der Waals surface area contributed by atoms with Gasteiger partial charge in [0.05, 0.1) is 17.3 Å². The summed E-state index contributed by atoms with van der Waals surface area (Å²) in [6.45, 7) is 4.37. The minimum Gasteiger partial charge on any atom is -0.334 e. The van der Waals surface area contributed by atoms with Gasteiger partial charge in [-0.05, 0) is 63.7 Å². The minimum absolute atomic E-state index is 0.134. The molecule has 1 amide bonds. The van der Waals surface area contributed by atoms with E-state index in [2.05, 4.69) is 0 Å². The van der Waals surface area contributed by atoms with Gasteiger partial charge in [-0.2, -0.15) is 5.26 Å². The molecule has 1 aliphatic heterocycles. The summed E-state index contributed by atoms with van der Waals surface area (Å²) in [4.78, 5) is 16.4. The summed E-state index contributed by atoms with van der Waals surface area (Å²) < 4.78 is 13.3. The number of hydrogen-bond donors (Lipinski definition) is 1. The van der Waals surface area contributed by atoms with Gasteiger partial charge in [0.2, 0.25) is 0 Å². The average Bonchev–Trinajstić information content (AvgIpc) is 2.83. The van der Waals surface area contributed by atoms with Gasteiger partial charge in [0.25, 0.3) is 5.91 Å². The van der Waals surface area contributed by atoms with E-state index in [-0.39, 0.29) is 17.0 Å². The monoisotopic (exact) mass is 390 g/mol. The Balaban J connectivity index is 2.15. The number of rotatable bonds is 9. The molecule has 0 atom stereocenters. The molecular formula is C20H27FN4OS. The number of thiocarbonyl (C=S) groups is 1. The fourth-order valence-corrected chi connectivity index (χ4v) is 3.83. The highest BCUT2D eigenvalue weighted by molar-refractivity contribution is 7.80. The summed E-state index contributed by atoms with van der Waals surface area (Å²) in [7, 11) is 0. The molecule has 1 fully saturated rings. The SMILES string of the molecule is CC1(C)C(=O)N(c2ccc(C#N)c(CF)c2)C(=S)N1CCCCCCCN. The summed E-state index contributed by atoms with van der Waals surface area (Å²) in [6, 6.07) is 6.68. The van der Waals surface area contributed by atoms with E-state index in [9.17, 15) is 9.18 Å². The van der Waals surface area contributed by atoms with Gasteiger partial charge in [-0.3, -0.25) is 9.69 Å². The van der Waals surface area contributed by atoms with E-state index in [0.29, 0.717) is 17.3 Å². The number of nitriles is 1. The largest absolute Gasteiger partial charge is 0.334 e. The molecule has 7 heteroatoms. The quantitative estimate of drug-likeness (QED) is 0.515. The van der Waals surface area contributed by atoms with Crippen molar-refractivity contribution in [1.29, 1.82) is 5.26 Å². The predicted molar refractivity (Wildman–Crippen MR) is 109 cm³/mol. The highest BCUT2D eigenvalue weighted by atomic mass is 32.1. The summed E-state index contributed by atoms with van der Waals surface area (Å²) in [5.74, 6) is -0.134. The van der Waals surface area contributed by atoms with Gasteiger partial charge in [0.15, 0.2) is 5.11 Å². The van der Waals surface area contributed by atoms with Crippen LogP contribution in [-0.4, -0.2) is 34.5 Å². The molecule has 0 saturated carbocycles. The molecule has 0 radical (unpaired) electrons. The zero-order chi connectivity index (χ0) is 20.0. The molecule has 27 heavy (non-hydrogen) atoms. The number of alkyl halides is 1. The Kier molecular flexibility index (Phi) is 7.28. The average molecular weight is 391 g/mol. The van der Waals surface area contributed by atoms with Crippen molar-refractivity contribution in [3.05, 3.63) is 29.3 Å². The molecule has 0 spiro atoms. The highest BCUT2D eigenvalue weighted by Crippen LogP contribution is 2.33. The van der Waals surface area contributed by atoms with Gasteiger partial charge in [-0.15, -0.1) is 0 Å². The predicted octanol–water partition coefficient (Wildman–Crippen LogP) is 3.65. The second-order valence-corrected chi connectivity index (χ2v) is 7.64. The van der Waals surface area contributed by atoms with Gasteiger partial charge in [0, 0.05) is 12.1 Å². The second kappa shape index (κ2) is 9.25. The smallest absolute Gasteiger partial charge is 0.258 e. The lowest BCUT2D eigenvalue weighted by molar-refractivity contribution is -0.123. The first-order valence-electron chi connectivity index (χ1n) is 9.33. The van der Waals surface area contributed by atoms with Crippen molar-refractivity contribution in [2.24, 2.45) is 5.73 Å². The fraction of sp³-hybridized carbons (Fsp3) is 0.550. The molecule has 2 N–H and O–H groups in total. The normalized spacial score (nSPS) is 16.1. The second-order valence-electron chi connectivity index (χ2n) is 7.28. The number of nitrogens with zero attached hydrogens (tertiary/aromatic N) is 3. The molecular weight excluding hydrogens is 363 g/mol. The maximum Gasteiger partial charge on any atom is 0.258 e. The third kappa shape index (κ3) is 4.45. The zero-order valence-electron chi connectivity index (χ0n) is 16.0. The standard InChI is InChI=1S/C20H27FN4OS/c1-20(2)18(26)25(17-9-8-15(14-23)16(12-17)13-21)19(27)24(20)11-7-5-3-4-6-10-22/h8-9,12H,3-7,10-11,13,22H2,1-2H3. The van der Waals surface area contributed by atoms with Gasteiger partial charge in [-0.1, -0.05) is 19.3 Å². The van der Waals surface area contributed by atoms with Crippen LogP contribution in [0, 0.1) is 11.3 Å². The van der Waals surface area contributed by atoms with E-state index in [1.807, 2.05) is 24.8 Å². The van der Waals surface area contributed by atoms with E-state index in [0.717, 1.165) is 38.6 Å². The molecule has 1 saturated heterocycles. The number of anilines is 1. The zero-order valence-corrected chi connectivity index (χ0v) is 16.8. The number of hydrogen-bond acceptors (Lipinski definition) is 4. The molecule has 5 nitrogen and oxygen atoms in total. The van der Waals surface area contributed by atoms with Crippen molar-refractivity contribution in [2.75, 3.05) is 18.0 Å². The Morgan fingerprint density at radius 1 is 1.22 bits per heavy atom. The van der Waals surface area contributed by atoms with Gasteiger partial charge in [0.1, 0.15) is 12.2 Å². The van der Waals surface area contributed by atoms with Crippen molar-refractivity contribution in [2.45, 2.75) is 58.2 Å². The van der Waals surface area contributed by atoms with Crippen LogP contribution >= 0.6 is 12.2 Å². The van der Waals surface area contributed by atoms with Crippen LogP contribution in [0.3, 0.4) is 0 Å². The summed E-state index contributed by atoms with van der Waals surface area (Å²) >= 11 is 5.59. The summed E-state index contributed by atoms with van der Waals surface area (Å²) in [5, 5.41) is 9.50. The number of carbonyl (C=O) groups is 1. The van der Waals surface area contributed by atoms with Crippen molar-refractivity contribution in [3.8, 4) is 6.07 Å². The van der Waals surface area contributed by atoms with Crippen molar-refractivity contribution in [1.82, 2.24) is 4.90 Å². The van der Waals surface area contributed by atoms with Crippen LogP contribution in [0.5, 0.6) is 0 Å². The first-order valence-corrected chi connectivity index (χ1v) is 9.74. The molecule has 1 aromatic carbocycles. The van der Waals surface area contributed by atoms with Gasteiger partial charge < -0.3 is 10.6 Å². The first-order chi connectivity index (χ1) is 12.9. The first kappa shape index (κ1) is 21.3. The minimum atomic E-state index is -0.762. The lowest BCUT2D eigenvalue weighted by Gasteiger charge is -2.29. The number of carbonyl (C=O) groups excluding carboxylic acids is 1. The molecule has 0 aliphatic carbocycles. The Bertz CT molecular complexity index is 744. The number of nitrogens with two attached hydrogens (primary N) is 1.